The first-order valence-corrected chi connectivity index (χ1v) is 13.0. The molecule has 0 fully saturated rings. The highest BCUT2D eigenvalue weighted by Crippen LogP contribution is 2.45. The van der Waals surface area contributed by atoms with Gasteiger partial charge in [-0.2, -0.15) is 0 Å². The summed E-state index contributed by atoms with van der Waals surface area (Å²) in [5.74, 6) is -1.65. The topological polar surface area (TPSA) is 74.6 Å². The van der Waals surface area contributed by atoms with E-state index in [1.54, 1.807) is 24.3 Å². The minimum atomic E-state index is -1.44. The number of carbonyl (C=O) groups excluding carboxylic acids is 2. The minimum absolute atomic E-state index is 0.163. The summed E-state index contributed by atoms with van der Waals surface area (Å²) < 4.78 is 0. The smallest absolute Gasteiger partial charge is 0.184 e. The van der Waals surface area contributed by atoms with Crippen molar-refractivity contribution in [2.45, 2.75) is 80.6 Å². The van der Waals surface area contributed by atoms with Crippen LogP contribution in [-0.4, -0.2) is 21.8 Å². The number of allylic oxidation sites excluding steroid dienone is 10. The van der Waals surface area contributed by atoms with Crippen LogP contribution in [0.4, 0.5) is 0 Å². The summed E-state index contributed by atoms with van der Waals surface area (Å²) in [4.78, 5) is 28.3. The number of hydrogen-bond acceptors (Lipinski definition) is 4. The van der Waals surface area contributed by atoms with Gasteiger partial charge in [-0.25, -0.2) is 0 Å². The Kier molecular flexibility index (Phi) is 10.7. The Hall–Kier alpha value is -3.40. The van der Waals surface area contributed by atoms with Crippen molar-refractivity contribution in [1.29, 1.82) is 0 Å². The first-order chi connectivity index (χ1) is 17.4. The van der Waals surface area contributed by atoms with E-state index >= 15 is 0 Å². The van der Waals surface area contributed by atoms with Crippen LogP contribution in [0.2, 0.25) is 0 Å². The molecule has 1 aromatic carbocycles. The van der Waals surface area contributed by atoms with Gasteiger partial charge in [0, 0.05) is 11.1 Å². The number of Topliss-reactive ketones (excluding diaryl/α,β-unsaturated/α-hetero) is 2. The van der Waals surface area contributed by atoms with E-state index in [1.807, 2.05) is 58.9 Å². The number of aliphatic hydroxyl groups is 2. The molecule has 0 saturated heterocycles. The van der Waals surface area contributed by atoms with E-state index in [4.69, 9.17) is 0 Å². The summed E-state index contributed by atoms with van der Waals surface area (Å²) in [7, 11) is 0. The molecule has 198 valence electrons. The molecule has 1 aliphatic carbocycles. The van der Waals surface area contributed by atoms with Crippen LogP contribution < -0.4 is 0 Å². The zero-order valence-electron chi connectivity index (χ0n) is 23.4. The fraction of sp³-hybridized carbons (Fsp3) is 0.394. The molecule has 1 aromatic rings. The molecular formula is C33H42O4. The molecule has 0 aliphatic heterocycles. The van der Waals surface area contributed by atoms with Crippen LogP contribution in [0.15, 0.2) is 93.8 Å². The summed E-state index contributed by atoms with van der Waals surface area (Å²) in [6.45, 7) is 13.8. The highest BCUT2D eigenvalue weighted by molar-refractivity contribution is 6.26. The number of aliphatic hydroxyl groups excluding tert-OH is 2. The molecule has 0 bridgehead atoms. The number of rotatable bonds is 10. The molecule has 0 unspecified atom stereocenters. The van der Waals surface area contributed by atoms with Crippen molar-refractivity contribution < 1.29 is 19.8 Å². The molecule has 0 radical (unpaired) electrons. The van der Waals surface area contributed by atoms with Gasteiger partial charge in [0.05, 0.1) is 0 Å². The van der Waals surface area contributed by atoms with Gasteiger partial charge in [-0.1, -0.05) is 76.9 Å². The molecule has 0 spiro atoms. The lowest BCUT2D eigenvalue weighted by Crippen LogP contribution is -2.45. The first-order valence-electron chi connectivity index (χ1n) is 13.0. The van der Waals surface area contributed by atoms with Crippen molar-refractivity contribution in [2.24, 2.45) is 5.41 Å². The second-order valence-corrected chi connectivity index (χ2v) is 10.7. The van der Waals surface area contributed by atoms with Crippen LogP contribution in [0, 0.1) is 5.41 Å². The standard InChI is InChI=1S/C33H42O4/c1-22(2)12-11-13-25(7)19-21-33(20-18-24(5)6)31(36)27(17-16-23(3)4)30(35)28(32(33)37)29(34)26-14-9-8-10-15-26/h8-10,12,14-16,18-19,34-35H,11,13,17,20-21H2,1-7H3/t33-/m0/s1. The van der Waals surface area contributed by atoms with E-state index in [2.05, 4.69) is 19.9 Å². The summed E-state index contributed by atoms with van der Waals surface area (Å²) in [6, 6.07) is 8.68. The van der Waals surface area contributed by atoms with Gasteiger partial charge in [0.2, 0.25) is 0 Å². The molecule has 4 heteroatoms. The van der Waals surface area contributed by atoms with Crippen LogP contribution in [0.3, 0.4) is 0 Å². The molecule has 0 heterocycles. The van der Waals surface area contributed by atoms with Gasteiger partial charge in [-0.15, -0.1) is 0 Å². The van der Waals surface area contributed by atoms with Crippen molar-refractivity contribution >= 4 is 17.3 Å². The van der Waals surface area contributed by atoms with E-state index in [9.17, 15) is 19.8 Å². The minimum Gasteiger partial charge on any atom is -0.507 e. The molecule has 1 aliphatic rings. The summed E-state index contributed by atoms with van der Waals surface area (Å²) in [6.07, 6.45) is 10.2. The van der Waals surface area contributed by atoms with Gasteiger partial charge in [0.1, 0.15) is 22.5 Å². The molecule has 0 saturated carbocycles. The van der Waals surface area contributed by atoms with Crippen LogP contribution in [0.25, 0.3) is 5.76 Å². The van der Waals surface area contributed by atoms with Crippen LogP contribution >= 0.6 is 0 Å². The fourth-order valence-electron chi connectivity index (χ4n) is 4.32. The third-order valence-corrected chi connectivity index (χ3v) is 6.64. The average Bonchev–Trinajstić information content (AvgIpc) is 2.83. The second kappa shape index (κ2) is 13.2. The van der Waals surface area contributed by atoms with Gasteiger partial charge in [0.25, 0.3) is 0 Å². The van der Waals surface area contributed by atoms with Crippen molar-refractivity contribution in [3.8, 4) is 0 Å². The quantitative estimate of drug-likeness (QED) is 0.145. The predicted octanol–water partition coefficient (Wildman–Crippen LogP) is 8.70. The fourth-order valence-corrected chi connectivity index (χ4v) is 4.32. The molecule has 1 atom stereocenters. The van der Waals surface area contributed by atoms with Gasteiger partial charge < -0.3 is 10.2 Å². The molecule has 2 N–H and O–H groups in total. The molecular weight excluding hydrogens is 460 g/mol. The van der Waals surface area contributed by atoms with Gasteiger partial charge in [-0.05, 0) is 80.6 Å². The van der Waals surface area contributed by atoms with Crippen molar-refractivity contribution in [3.05, 3.63) is 99.4 Å². The Morgan fingerprint density at radius 1 is 0.784 bits per heavy atom. The van der Waals surface area contributed by atoms with Crippen LogP contribution in [0.1, 0.15) is 86.1 Å². The van der Waals surface area contributed by atoms with E-state index in [1.165, 1.54) is 5.57 Å². The lowest BCUT2D eigenvalue weighted by Gasteiger charge is -2.35. The Bertz CT molecular complexity index is 1190. The Balaban J connectivity index is 2.75. The maximum absolute atomic E-state index is 14.2. The Labute approximate surface area is 222 Å². The average molecular weight is 503 g/mol. The largest absolute Gasteiger partial charge is 0.507 e. The number of hydrogen-bond donors (Lipinski definition) is 2. The van der Waals surface area contributed by atoms with E-state index in [0.29, 0.717) is 5.56 Å². The molecule has 0 amide bonds. The summed E-state index contributed by atoms with van der Waals surface area (Å²) in [5, 5.41) is 22.4. The summed E-state index contributed by atoms with van der Waals surface area (Å²) >= 11 is 0. The molecule has 37 heavy (non-hydrogen) atoms. The Morgan fingerprint density at radius 2 is 1.35 bits per heavy atom. The third-order valence-electron chi connectivity index (χ3n) is 6.64. The monoisotopic (exact) mass is 502 g/mol. The van der Waals surface area contributed by atoms with E-state index in [-0.39, 0.29) is 42.0 Å². The van der Waals surface area contributed by atoms with Gasteiger partial charge >= 0.3 is 0 Å². The van der Waals surface area contributed by atoms with E-state index in [0.717, 1.165) is 29.6 Å². The van der Waals surface area contributed by atoms with Crippen molar-refractivity contribution in [2.75, 3.05) is 0 Å². The second-order valence-electron chi connectivity index (χ2n) is 10.7. The highest BCUT2D eigenvalue weighted by atomic mass is 16.3. The van der Waals surface area contributed by atoms with E-state index < -0.39 is 17.0 Å². The number of carbonyl (C=O) groups is 2. The highest BCUT2D eigenvalue weighted by Gasteiger charge is 2.52. The SMILES string of the molecule is CC(C)=CCCC(C)=CC[C@@]1(CC=C(C)C)C(=O)C(CC=C(C)C)=C(O)C(=C(O)c2ccccc2)C1=O. The van der Waals surface area contributed by atoms with Crippen LogP contribution in [-0.2, 0) is 9.59 Å². The third kappa shape index (κ3) is 7.55. The number of ketones is 2. The lowest BCUT2D eigenvalue weighted by molar-refractivity contribution is -0.137. The lowest BCUT2D eigenvalue weighted by atomic mass is 9.64. The zero-order chi connectivity index (χ0) is 27.8. The molecule has 0 aromatic heterocycles. The van der Waals surface area contributed by atoms with Gasteiger partial charge in [-0.3, -0.25) is 9.59 Å². The van der Waals surface area contributed by atoms with Crippen LogP contribution in [0.5, 0.6) is 0 Å². The zero-order valence-corrected chi connectivity index (χ0v) is 23.4. The Morgan fingerprint density at radius 3 is 1.92 bits per heavy atom. The molecule has 2 rings (SSSR count). The van der Waals surface area contributed by atoms with Crippen molar-refractivity contribution in [3.63, 3.8) is 0 Å². The summed E-state index contributed by atoms with van der Waals surface area (Å²) in [5.41, 5.74) is 3.29. The van der Waals surface area contributed by atoms with Gasteiger partial charge in [0.15, 0.2) is 11.6 Å². The normalized spacial score (nSPS) is 19.5. The number of benzene rings is 1. The maximum atomic E-state index is 14.2. The molecule has 4 nitrogen and oxygen atoms in total. The maximum Gasteiger partial charge on any atom is 0.184 e. The van der Waals surface area contributed by atoms with Crippen molar-refractivity contribution in [1.82, 2.24) is 0 Å². The predicted molar refractivity (Wildman–Crippen MR) is 153 cm³/mol. The first kappa shape index (κ1) is 29.8.